The lowest BCUT2D eigenvalue weighted by Gasteiger charge is -2.21. The quantitative estimate of drug-likeness (QED) is 0.365. The molecule has 156 valence electrons. The first-order valence-corrected chi connectivity index (χ1v) is 9.95. The van der Waals surface area contributed by atoms with Crippen molar-refractivity contribution in [2.45, 2.75) is 39.5 Å². The molecule has 0 atom stereocenters. The third kappa shape index (κ3) is 6.82. The number of ether oxygens (including phenoxy) is 2. The number of anilines is 2. The van der Waals surface area contributed by atoms with E-state index in [1.165, 1.54) is 0 Å². The molecule has 2 aromatic carbocycles. The van der Waals surface area contributed by atoms with Crippen LogP contribution < -0.4 is 15.4 Å². The maximum atomic E-state index is 12.8. The molecule has 2 aromatic rings. The molecule has 0 aliphatic heterocycles. The zero-order valence-electron chi connectivity index (χ0n) is 17.4. The van der Waals surface area contributed by atoms with Gasteiger partial charge in [0.1, 0.15) is 5.75 Å². The van der Waals surface area contributed by atoms with Crippen molar-refractivity contribution >= 4 is 23.3 Å². The van der Waals surface area contributed by atoms with Crippen LogP contribution in [-0.4, -0.2) is 32.1 Å². The zero-order chi connectivity index (χ0) is 21.2. The van der Waals surface area contributed by atoms with E-state index in [0.29, 0.717) is 42.3 Å². The third-order valence-electron chi connectivity index (χ3n) is 4.53. The van der Waals surface area contributed by atoms with E-state index in [1.54, 1.807) is 43.1 Å². The second-order valence-electron chi connectivity index (χ2n) is 6.92. The number of nitrogens with two attached hydrogens (primary N) is 1. The monoisotopic (exact) mass is 398 g/mol. The molecule has 0 fully saturated rings. The molecule has 6 heteroatoms. The summed E-state index contributed by atoms with van der Waals surface area (Å²) >= 11 is 0. The summed E-state index contributed by atoms with van der Waals surface area (Å²) in [4.78, 5) is 25.8. The lowest BCUT2D eigenvalue weighted by molar-refractivity contribution is -0.143. The van der Waals surface area contributed by atoms with E-state index in [2.05, 4.69) is 0 Å². The van der Waals surface area contributed by atoms with Crippen LogP contribution in [-0.2, 0) is 9.53 Å². The van der Waals surface area contributed by atoms with E-state index < -0.39 is 0 Å². The van der Waals surface area contributed by atoms with E-state index in [0.717, 1.165) is 24.8 Å². The Morgan fingerprint density at radius 1 is 1.03 bits per heavy atom. The summed E-state index contributed by atoms with van der Waals surface area (Å²) in [5.41, 5.74) is 8.65. The van der Waals surface area contributed by atoms with Gasteiger partial charge in [0.2, 0.25) is 0 Å². The number of nitrogens with zero attached hydrogens (tertiary/aromatic N) is 1. The molecular formula is C23H30N2O4. The molecule has 0 radical (unpaired) electrons. The molecule has 0 unspecified atom stereocenters. The topological polar surface area (TPSA) is 81.9 Å². The van der Waals surface area contributed by atoms with Crippen molar-refractivity contribution < 1.29 is 19.1 Å². The van der Waals surface area contributed by atoms with Crippen LogP contribution in [0.25, 0.3) is 0 Å². The highest BCUT2D eigenvalue weighted by molar-refractivity contribution is 6.06. The fourth-order valence-corrected chi connectivity index (χ4v) is 2.91. The molecule has 0 saturated heterocycles. The Labute approximate surface area is 172 Å². The molecule has 2 rings (SSSR count). The number of aryl methyl sites for hydroxylation is 1. The van der Waals surface area contributed by atoms with Crippen molar-refractivity contribution in [3.05, 3.63) is 53.6 Å². The first-order valence-electron chi connectivity index (χ1n) is 9.95. The Kier molecular flexibility index (Phi) is 8.52. The summed E-state index contributed by atoms with van der Waals surface area (Å²) in [6.07, 6.45) is 2.91. The molecule has 0 bridgehead atoms. The number of benzene rings is 2. The molecule has 0 aliphatic carbocycles. The lowest BCUT2D eigenvalue weighted by Crippen LogP contribution is -2.26. The van der Waals surface area contributed by atoms with Gasteiger partial charge in [0.25, 0.3) is 5.91 Å². The number of amides is 1. The van der Waals surface area contributed by atoms with Crippen LogP contribution in [0, 0.1) is 6.92 Å². The summed E-state index contributed by atoms with van der Waals surface area (Å²) < 4.78 is 10.9. The van der Waals surface area contributed by atoms with Crippen molar-refractivity contribution in [2.24, 2.45) is 0 Å². The van der Waals surface area contributed by atoms with E-state index >= 15 is 0 Å². The van der Waals surface area contributed by atoms with Crippen LogP contribution in [0.4, 0.5) is 11.4 Å². The number of nitrogen functional groups attached to an aromatic ring is 1. The Bertz CT molecular complexity index is 818. The maximum Gasteiger partial charge on any atom is 0.305 e. The number of esters is 1. The van der Waals surface area contributed by atoms with Crippen LogP contribution in [0.15, 0.2) is 42.5 Å². The fourth-order valence-electron chi connectivity index (χ4n) is 2.91. The number of hydrogen-bond acceptors (Lipinski definition) is 5. The highest BCUT2D eigenvalue weighted by atomic mass is 16.5. The first-order chi connectivity index (χ1) is 13.9. The van der Waals surface area contributed by atoms with Gasteiger partial charge in [-0.25, -0.2) is 0 Å². The predicted octanol–water partition coefficient (Wildman–Crippen LogP) is 4.36. The molecule has 0 heterocycles. The Morgan fingerprint density at radius 2 is 1.76 bits per heavy atom. The van der Waals surface area contributed by atoms with Crippen LogP contribution >= 0.6 is 0 Å². The lowest BCUT2D eigenvalue weighted by atomic mass is 10.1. The van der Waals surface area contributed by atoms with Gasteiger partial charge < -0.3 is 20.1 Å². The van der Waals surface area contributed by atoms with Crippen molar-refractivity contribution in [2.75, 3.05) is 30.9 Å². The van der Waals surface area contributed by atoms with Gasteiger partial charge in [0.05, 0.1) is 18.9 Å². The van der Waals surface area contributed by atoms with Crippen molar-refractivity contribution in [3.63, 3.8) is 0 Å². The van der Waals surface area contributed by atoms with Gasteiger partial charge in [-0.15, -0.1) is 0 Å². The second-order valence-corrected chi connectivity index (χ2v) is 6.92. The zero-order valence-corrected chi connectivity index (χ0v) is 17.4. The van der Waals surface area contributed by atoms with Gasteiger partial charge >= 0.3 is 5.97 Å². The molecule has 0 saturated carbocycles. The number of carbonyl (C=O) groups excluding carboxylic acids is 2. The summed E-state index contributed by atoms with van der Waals surface area (Å²) in [5.74, 6) is 0.382. The summed E-state index contributed by atoms with van der Waals surface area (Å²) in [6, 6.07) is 12.6. The summed E-state index contributed by atoms with van der Waals surface area (Å²) in [7, 11) is 1.73. The predicted molar refractivity (Wildman–Crippen MR) is 115 cm³/mol. The molecular weight excluding hydrogens is 368 g/mol. The number of rotatable bonds is 10. The summed E-state index contributed by atoms with van der Waals surface area (Å²) in [6.45, 7) is 4.72. The smallest absolute Gasteiger partial charge is 0.305 e. The number of carbonyl (C=O) groups is 2. The maximum absolute atomic E-state index is 12.8. The molecule has 2 N–H and O–H groups in total. The minimum Gasteiger partial charge on any atom is -0.491 e. The molecule has 0 aliphatic rings. The third-order valence-corrected chi connectivity index (χ3v) is 4.53. The van der Waals surface area contributed by atoms with E-state index in [-0.39, 0.29) is 11.9 Å². The fraction of sp³-hybridized carbons (Fsp3) is 0.391. The van der Waals surface area contributed by atoms with Gasteiger partial charge in [0.15, 0.2) is 0 Å². The van der Waals surface area contributed by atoms with Crippen molar-refractivity contribution in [1.29, 1.82) is 0 Å². The van der Waals surface area contributed by atoms with Crippen molar-refractivity contribution in [3.8, 4) is 5.75 Å². The van der Waals surface area contributed by atoms with Crippen LogP contribution in [0.3, 0.4) is 0 Å². The number of hydrogen-bond donors (Lipinski definition) is 1. The average molecular weight is 399 g/mol. The first kappa shape index (κ1) is 22.3. The largest absolute Gasteiger partial charge is 0.491 e. The molecule has 1 amide bonds. The van der Waals surface area contributed by atoms with Crippen LogP contribution in [0.2, 0.25) is 0 Å². The van der Waals surface area contributed by atoms with E-state index in [4.69, 9.17) is 15.2 Å². The van der Waals surface area contributed by atoms with Gasteiger partial charge in [-0.1, -0.05) is 6.07 Å². The highest BCUT2D eigenvalue weighted by Crippen LogP contribution is 2.30. The van der Waals surface area contributed by atoms with Crippen LogP contribution in [0.5, 0.6) is 5.75 Å². The standard InChI is InChI=1S/C23H30N2O4/c1-4-28-22(26)8-6-5-7-15-29-21-16-17(2)9-14-20(21)25(3)23(27)18-10-12-19(24)13-11-18/h9-14,16H,4-8,15,24H2,1-3H3. The minimum absolute atomic E-state index is 0.131. The van der Waals surface area contributed by atoms with Gasteiger partial charge in [-0.3, -0.25) is 9.59 Å². The summed E-state index contributed by atoms with van der Waals surface area (Å²) in [5, 5.41) is 0. The highest BCUT2D eigenvalue weighted by Gasteiger charge is 2.17. The Balaban J connectivity index is 1.95. The number of unbranched alkanes of at least 4 members (excludes halogenated alkanes) is 2. The van der Waals surface area contributed by atoms with E-state index in [9.17, 15) is 9.59 Å². The van der Waals surface area contributed by atoms with Crippen LogP contribution in [0.1, 0.15) is 48.5 Å². The molecule has 0 spiro atoms. The Morgan fingerprint density at radius 3 is 2.45 bits per heavy atom. The Hall–Kier alpha value is -3.02. The molecule has 0 aromatic heterocycles. The SMILES string of the molecule is CCOC(=O)CCCCCOc1cc(C)ccc1N(C)C(=O)c1ccc(N)cc1. The molecule has 6 nitrogen and oxygen atoms in total. The minimum atomic E-state index is -0.155. The van der Waals surface area contributed by atoms with Gasteiger partial charge in [0, 0.05) is 24.7 Å². The second kappa shape index (κ2) is 11.1. The average Bonchev–Trinajstić information content (AvgIpc) is 2.70. The van der Waals surface area contributed by atoms with Gasteiger partial charge in [-0.2, -0.15) is 0 Å². The molecule has 29 heavy (non-hydrogen) atoms. The van der Waals surface area contributed by atoms with E-state index in [1.807, 2.05) is 25.1 Å². The van der Waals surface area contributed by atoms with Gasteiger partial charge in [-0.05, 0) is 75.1 Å². The normalized spacial score (nSPS) is 10.4. The van der Waals surface area contributed by atoms with Crippen molar-refractivity contribution in [1.82, 2.24) is 0 Å².